The summed E-state index contributed by atoms with van der Waals surface area (Å²) in [5.41, 5.74) is 0.731. The largest absolute Gasteiger partial charge is 0.453 e. The molecule has 1 aromatic heterocycles. The van der Waals surface area contributed by atoms with E-state index in [-0.39, 0.29) is 34.9 Å². The second-order valence-corrected chi connectivity index (χ2v) is 7.53. The quantitative estimate of drug-likeness (QED) is 0.469. The number of rotatable bonds is 5. The highest BCUT2D eigenvalue weighted by atomic mass is 79.9. The van der Waals surface area contributed by atoms with Crippen LogP contribution in [0.2, 0.25) is 5.02 Å². The van der Waals surface area contributed by atoms with Crippen molar-refractivity contribution < 1.29 is 13.9 Å². The first-order valence-corrected chi connectivity index (χ1v) is 9.68. The van der Waals surface area contributed by atoms with Crippen LogP contribution in [0.5, 0.6) is 11.5 Å². The smallest absolute Gasteiger partial charge is 0.270 e. The van der Waals surface area contributed by atoms with Crippen molar-refractivity contribution in [2.24, 2.45) is 0 Å². The van der Waals surface area contributed by atoms with E-state index in [1.54, 1.807) is 6.07 Å². The summed E-state index contributed by atoms with van der Waals surface area (Å²) < 4.78 is 21.3. The van der Waals surface area contributed by atoms with Crippen molar-refractivity contribution in [1.29, 1.82) is 5.26 Å². The Morgan fingerprint density at radius 3 is 2.82 bits per heavy atom. The molecule has 2 aromatic carbocycles. The van der Waals surface area contributed by atoms with Crippen molar-refractivity contribution in [2.45, 2.75) is 6.54 Å². The number of nitrogens with zero attached hydrogens (tertiary/aromatic N) is 2. The van der Waals surface area contributed by atoms with E-state index in [9.17, 15) is 9.18 Å². The topological polar surface area (TPSA) is 90.8 Å². The number of aromatic nitrogens is 2. The van der Waals surface area contributed by atoms with Gasteiger partial charge < -0.3 is 15.0 Å². The highest BCUT2D eigenvalue weighted by molar-refractivity contribution is 9.10. The highest BCUT2D eigenvalue weighted by Crippen LogP contribution is 2.35. The SMILES string of the molecule is N#Cc1cc(Cl)cc(Oc2c(Br)ccc(CNC(=O)c3[nH]cnc3Br)c2F)c1. The number of carbonyl (C=O) groups excluding carboxylic acids is 1. The number of ether oxygens (including phenoxy) is 1. The van der Waals surface area contributed by atoms with Crippen molar-refractivity contribution in [3.63, 3.8) is 0 Å². The van der Waals surface area contributed by atoms with Gasteiger partial charge in [-0.05, 0) is 56.1 Å². The molecule has 0 aliphatic rings. The van der Waals surface area contributed by atoms with Gasteiger partial charge in [-0.15, -0.1) is 0 Å². The molecule has 3 rings (SSSR count). The zero-order valence-corrected chi connectivity index (χ0v) is 17.8. The van der Waals surface area contributed by atoms with Gasteiger partial charge in [-0.25, -0.2) is 9.37 Å². The average Bonchev–Trinajstić information content (AvgIpc) is 3.09. The Morgan fingerprint density at radius 2 is 2.14 bits per heavy atom. The lowest BCUT2D eigenvalue weighted by Crippen LogP contribution is -2.24. The van der Waals surface area contributed by atoms with Crippen LogP contribution in [0.3, 0.4) is 0 Å². The van der Waals surface area contributed by atoms with Crippen LogP contribution in [0.25, 0.3) is 0 Å². The van der Waals surface area contributed by atoms with Crippen molar-refractivity contribution in [1.82, 2.24) is 15.3 Å². The number of hydrogen-bond donors (Lipinski definition) is 2. The van der Waals surface area contributed by atoms with E-state index in [2.05, 4.69) is 47.1 Å². The zero-order valence-electron chi connectivity index (χ0n) is 13.9. The van der Waals surface area contributed by atoms with Crippen molar-refractivity contribution in [2.75, 3.05) is 0 Å². The molecule has 0 unspecified atom stereocenters. The minimum Gasteiger partial charge on any atom is -0.453 e. The molecule has 0 bridgehead atoms. The molecule has 0 radical (unpaired) electrons. The highest BCUT2D eigenvalue weighted by Gasteiger charge is 2.17. The predicted molar refractivity (Wildman–Crippen MR) is 108 cm³/mol. The Kier molecular flexibility index (Phi) is 6.34. The van der Waals surface area contributed by atoms with Crippen molar-refractivity contribution in [3.8, 4) is 17.6 Å². The van der Waals surface area contributed by atoms with Crippen molar-refractivity contribution >= 4 is 49.4 Å². The summed E-state index contributed by atoms with van der Waals surface area (Å²) in [5, 5.41) is 11.9. The van der Waals surface area contributed by atoms with E-state index in [0.29, 0.717) is 14.1 Å². The molecule has 0 aliphatic heterocycles. The number of halogens is 4. The zero-order chi connectivity index (χ0) is 20.3. The molecule has 142 valence electrons. The predicted octanol–water partition coefficient (Wildman–Crippen LogP) is 5.32. The third kappa shape index (κ3) is 4.52. The molecule has 28 heavy (non-hydrogen) atoms. The van der Waals surface area contributed by atoms with Gasteiger partial charge >= 0.3 is 0 Å². The molecule has 1 heterocycles. The van der Waals surface area contributed by atoms with Crippen LogP contribution < -0.4 is 10.1 Å². The molecular formula is C18H10Br2ClFN4O2. The number of benzene rings is 2. The number of imidazole rings is 1. The van der Waals surface area contributed by atoms with Crippen LogP contribution >= 0.6 is 43.5 Å². The Morgan fingerprint density at radius 1 is 1.36 bits per heavy atom. The Balaban J connectivity index is 1.82. The summed E-state index contributed by atoms with van der Waals surface area (Å²) in [6.07, 6.45) is 1.37. The van der Waals surface area contributed by atoms with Gasteiger partial charge in [0.05, 0.1) is 22.4 Å². The summed E-state index contributed by atoms with van der Waals surface area (Å²) in [4.78, 5) is 18.7. The second-order valence-electron chi connectivity index (χ2n) is 5.49. The molecule has 0 saturated carbocycles. The normalized spacial score (nSPS) is 10.4. The molecular weight excluding hydrogens is 518 g/mol. The van der Waals surface area contributed by atoms with Crippen LogP contribution in [0, 0.1) is 17.1 Å². The molecule has 1 amide bonds. The fourth-order valence-corrected chi connectivity index (χ4v) is 3.32. The fourth-order valence-electron chi connectivity index (χ4n) is 2.31. The Hall–Kier alpha value is -2.41. The Bertz CT molecular complexity index is 1100. The first-order chi connectivity index (χ1) is 13.4. The number of hydrogen-bond acceptors (Lipinski definition) is 4. The number of nitrogens with one attached hydrogen (secondary N) is 2. The maximum Gasteiger partial charge on any atom is 0.270 e. The van der Waals surface area contributed by atoms with E-state index in [0.717, 1.165) is 0 Å². The van der Waals surface area contributed by atoms with Gasteiger partial charge in [-0.3, -0.25) is 4.79 Å². The molecule has 0 spiro atoms. The summed E-state index contributed by atoms with van der Waals surface area (Å²) in [6, 6.07) is 9.46. The maximum atomic E-state index is 14.9. The molecule has 0 fully saturated rings. The first kappa shape index (κ1) is 20.3. The lowest BCUT2D eigenvalue weighted by molar-refractivity contribution is 0.0945. The monoisotopic (exact) mass is 526 g/mol. The number of nitriles is 1. The summed E-state index contributed by atoms with van der Waals surface area (Å²) >= 11 is 12.3. The van der Waals surface area contributed by atoms with Gasteiger partial charge in [-0.2, -0.15) is 5.26 Å². The summed E-state index contributed by atoms with van der Waals surface area (Å²) in [6.45, 7) is -0.0707. The van der Waals surface area contributed by atoms with Crippen LogP contribution in [-0.4, -0.2) is 15.9 Å². The summed E-state index contributed by atoms with van der Waals surface area (Å²) in [5.74, 6) is -0.966. The van der Waals surface area contributed by atoms with Crippen LogP contribution in [0.15, 0.2) is 45.7 Å². The van der Waals surface area contributed by atoms with Crippen LogP contribution in [-0.2, 0) is 6.54 Å². The molecule has 0 aliphatic carbocycles. The van der Waals surface area contributed by atoms with Gasteiger partial charge in [-0.1, -0.05) is 17.7 Å². The Labute approximate surface area is 180 Å². The van der Waals surface area contributed by atoms with E-state index >= 15 is 0 Å². The van der Waals surface area contributed by atoms with E-state index in [1.807, 2.05) is 6.07 Å². The number of H-pyrrole nitrogens is 1. The third-order valence-electron chi connectivity index (χ3n) is 3.61. The van der Waals surface area contributed by atoms with Gasteiger partial charge in [0.1, 0.15) is 16.0 Å². The minimum absolute atomic E-state index is 0.0707. The standard InChI is InChI=1S/C18H10Br2ClFN4O2/c19-13-2-1-10(7-24-18(27)15-17(20)26-8-25-15)14(22)16(13)28-12-4-9(6-23)3-11(21)5-12/h1-5,8H,7H2,(H,24,27)(H,25,26). The summed E-state index contributed by atoms with van der Waals surface area (Å²) in [7, 11) is 0. The van der Waals surface area contributed by atoms with E-state index in [4.69, 9.17) is 21.6 Å². The molecule has 0 saturated heterocycles. The number of aromatic amines is 1. The number of amides is 1. The molecule has 0 atom stereocenters. The lowest BCUT2D eigenvalue weighted by atomic mass is 10.2. The molecule has 3 aromatic rings. The van der Waals surface area contributed by atoms with Gasteiger partial charge in [0, 0.05) is 17.1 Å². The maximum absolute atomic E-state index is 14.9. The fraction of sp³-hybridized carbons (Fsp3) is 0.0556. The second kappa shape index (κ2) is 8.73. The van der Waals surface area contributed by atoms with Gasteiger partial charge in [0.2, 0.25) is 0 Å². The van der Waals surface area contributed by atoms with Gasteiger partial charge in [0.15, 0.2) is 11.6 Å². The minimum atomic E-state index is -0.656. The van der Waals surface area contributed by atoms with Crippen LogP contribution in [0.4, 0.5) is 4.39 Å². The molecule has 10 heteroatoms. The lowest BCUT2D eigenvalue weighted by Gasteiger charge is -2.13. The molecule has 6 nitrogen and oxygen atoms in total. The van der Waals surface area contributed by atoms with Crippen LogP contribution in [0.1, 0.15) is 21.6 Å². The van der Waals surface area contributed by atoms with Crippen molar-refractivity contribution in [3.05, 3.63) is 73.4 Å². The molecule has 2 N–H and O–H groups in total. The van der Waals surface area contributed by atoms with E-state index < -0.39 is 11.7 Å². The van der Waals surface area contributed by atoms with E-state index in [1.165, 1.54) is 30.6 Å². The first-order valence-electron chi connectivity index (χ1n) is 7.71. The number of carbonyl (C=O) groups is 1. The third-order valence-corrected chi connectivity index (χ3v) is 5.05. The average molecular weight is 529 g/mol. The van der Waals surface area contributed by atoms with Gasteiger partial charge in [0.25, 0.3) is 5.91 Å².